The second kappa shape index (κ2) is 66.5. The lowest BCUT2D eigenvalue weighted by molar-refractivity contribution is 0.833. The van der Waals surface area contributed by atoms with E-state index >= 15 is 0 Å². The van der Waals surface area contributed by atoms with Gasteiger partial charge in [0.05, 0.1) is 0 Å². The quantitative estimate of drug-likeness (QED) is 0.482. The van der Waals surface area contributed by atoms with Crippen LogP contribution in [-0.4, -0.2) is 27.8 Å². The van der Waals surface area contributed by atoms with Gasteiger partial charge in [-0.1, -0.05) is 21.3 Å². The Morgan fingerprint density at radius 2 is 1.20 bits per heavy atom. The van der Waals surface area contributed by atoms with E-state index in [1.165, 1.54) is 0 Å². The van der Waals surface area contributed by atoms with Gasteiger partial charge < -0.3 is 16.4 Å². The summed E-state index contributed by atoms with van der Waals surface area (Å²) in [5, 5.41) is 5.46. The number of hydrogen-bond donors (Lipinski definition) is 3. The maximum Gasteiger partial charge on any atom is 0.0426 e. The topological polar surface area (TPSA) is 50.1 Å². The number of rotatable bonds is 1. The highest BCUT2D eigenvalue weighted by Crippen LogP contribution is 1.15. The lowest BCUT2D eigenvalue weighted by Gasteiger charge is -1.77. The van der Waals surface area contributed by atoms with Crippen LogP contribution in [0.1, 0.15) is 21.3 Å². The molecule has 4 N–H and O–H groups in total. The van der Waals surface area contributed by atoms with E-state index in [2.05, 4.69) is 10.6 Å². The van der Waals surface area contributed by atoms with E-state index in [9.17, 15) is 0 Å². The molecule has 3 nitrogen and oxygen atoms in total. The van der Waals surface area contributed by atoms with Crippen LogP contribution in [0.25, 0.3) is 0 Å². The zero-order valence-electron chi connectivity index (χ0n) is 7.28. The SMILES string of the molecule is C.CC.CNC.CNCN. The Kier molecular flexibility index (Phi) is 150. The molecule has 0 heterocycles. The van der Waals surface area contributed by atoms with Gasteiger partial charge in [-0.3, -0.25) is 0 Å². The Labute approximate surface area is 66.4 Å². The second-order valence-corrected chi connectivity index (χ2v) is 1.06. The molecule has 0 unspecified atom stereocenters. The predicted molar refractivity (Wildman–Crippen MR) is 51.2 cm³/mol. The molecule has 10 heavy (non-hydrogen) atoms. The summed E-state index contributed by atoms with van der Waals surface area (Å²) in [6.45, 7) is 4.57. The fourth-order valence-electron chi connectivity index (χ4n) is 0. The van der Waals surface area contributed by atoms with E-state index in [-0.39, 0.29) is 7.43 Å². The Morgan fingerprint density at radius 1 is 1.10 bits per heavy atom. The Balaban J connectivity index is -0.0000000273. The van der Waals surface area contributed by atoms with Crippen molar-refractivity contribution in [3.05, 3.63) is 0 Å². The fourth-order valence-corrected chi connectivity index (χ4v) is 0. The van der Waals surface area contributed by atoms with Crippen LogP contribution in [0.4, 0.5) is 0 Å². The molecule has 3 heteroatoms. The molecule has 0 amide bonds. The van der Waals surface area contributed by atoms with Crippen LogP contribution < -0.4 is 16.4 Å². The first-order valence-corrected chi connectivity index (χ1v) is 3.26. The summed E-state index contributed by atoms with van der Waals surface area (Å²) in [6.07, 6.45) is 0. The Hall–Kier alpha value is -0.120. The van der Waals surface area contributed by atoms with E-state index in [0.717, 1.165) is 0 Å². The summed E-state index contributed by atoms with van der Waals surface area (Å²) in [5.74, 6) is 0. The highest BCUT2D eigenvalue weighted by Gasteiger charge is 1.49. The van der Waals surface area contributed by atoms with E-state index < -0.39 is 0 Å². The van der Waals surface area contributed by atoms with E-state index in [4.69, 9.17) is 5.73 Å². The summed E-state index contributed by atoms with van der Waals surface area (Å²) in [5.41, 5.74) is 4.92. The van der Waals surface area contributed by atoms with E-state index in [1.807, 2.05) is 27.9 Å². The highest BCUT2D eigenvalue weighted by molar-refractivity contribution is 4.12. The molecule has 0 spiro atoms. The summed E-state index contributed by atoms with van der Waals surface area (Å²) >= 11 is 0. The standard InChI is InChI=1S/C2H8N2.C2H7N.C2H6.CH4/c1-4-2-3;1-3-2;1-2;/h4H,2-3H2,1H3;3H,1-2H3;1-2H3;1H4. The summed E-state index contributed by atoms with van der Waals surface area (Å²) in [6, 6.07) is 0. The largest absolute Gasteiger partial charge is 0.323 e. The van der Waals surface area contributed by atoms with Crippen molar-refractivity contribution in [2.45, 2.75) is 21.3 Å². The van der Waals surface area contributed by atoms with Gasteiger partial charge in [0.1, 0.15) is 0 Å². The van der Waals surface area contributed by atoms with Crippen LogP contribution in [0.3, 0.4) is 0 Å². The molecular formula is C7H25N3. The summed E-state index contributed by atoms with van der Waals surface area (Å²) in [7, 11) is 5.56. The molecule has 0 aromatic rings. The van der Waals surface area contributed by atoms with Crippen LogP contribution in [0.5, 0.6) is 0 Å². The Bertz CT molecular complexity index is 16.3. The lowest BCUT2D eigenvalue weighted by atomic mass is 11.0. The van der Waals surface area contributed by atoms with Crippen molar-refractivity contribution in [3.8, 4) is 0 Å². The van der Waals surface area contributed by atoms with Gasteiger partial charge in [-0.05, 0) is 21.1 Å². The van der Waals surface area contributed by atoms with Crippen LogP contribution >= 0.6 is 0 Å². The smallest absolute Gasteiger partial charge is 0.0426 e. The van der Waals surface area contributed by atoms with Gasteiger partial charge in [0.2, 0.25) is 0 Å². The molecule has 0 aromatic heterocycles. The molecule has 0 bridgehead atoms. The molecule has 0 fully saturated rings. The molecule has 0 aliphatic carbocycles. The van der Waals surface area contributed by atoms with Gasteiger partial charge >= 0.3 is 0 Å². The molecule has 0 aliphatic heterocycles. The highest BCUT2D eigenvalue weighted by atomic mass is 14.9. The zero-order valence-corrected chi connectivity index (χ0v) is 7.28. The van der Waals surface area contributed by atoms with Crippen molar-refractivity contribution >= 4 is 0 Å². The average Bonchev–Trinajstić information content (AvgIpc) is 1.94. The van der Waals surface area contributed by atoms with Crippen molar-refractivity contribution in [2.24, 2.45) is 5.73 Å². The zero-order chi connectivity index (χ0) is 8.12. The summed E-state index contributed by atoms with van der Waals surface area (Å²) in [4.78, 5) is 0. The third kappa shape index (κ3) is 482. The summed E-state index contributed by atoms with van der Waals surface area (Å²) < 4.78 is 0. The molecule has 0 aromatic carbocycles. The minimum Gasteiger partial charge on any atom is -0.323 e. The normalized spacial score (nSPS) is 5.40. The monoisotopic (exact) mass is 151 g/mol. The maximum absolute atomic E-state index is 4.92. The third-order valence-electron chi connectivity index (χ3n) is 0.204. The van der Waals surface area contributed by atoms with E-state index in [0.29, 0.717) is 6.67 Å². The molecule has 0 radical (unpaired) electrons. The van der Waals surface area contributed by atoms with Crippen LogP contribution in [0.2, 0.25) is 0 Å². The predicted octanol–water partition coefficient (Wildman–Crippen LogP) is 0.620. The molecule has 0 saturated heterocycles. The number of nitrogens with one attached hydrogen (secondary N) is 2. The molecule has 0 rings (SSSR count). The second-order valence-electron chi connectivity index (χ2n) is 1.06. The van der Waals surface area contributed by atoms with Gasteiger partial charge in [0, 0.05) is 6.67 Å². The van der Waals surface area contributed by atoms with Crippen molar-refractivity contribution < 1.29 is 0 Å². The van der Waals surface area contributed by atoms with Gasteiger partial charge in [0.15, 0.2) is 0 Å². The molecule has 0 aliphatic rings. The minimum absolute atomic E-state index is 0. The molecule has 0 atom stereocenters. The van der Waals surface area contributed by atoms with Crippen molar-refractivity contribution in [1.29, 1.82) is 0 Å². The molecular weight excluding hydrogens is 126 g/mol. The van der Waals surface area contributed by atoms with Crippen molar-refractivity contribution in [3.63, 3.8) is 0 Å². The van der Waals surface area contributed by atoms with Crippen LogP contribution in [-0.2, 0) is 0 Å². The third-order valence-corrected chi connectivity index (χ3v) is 0.204. The fraction of sp³-hybridized carbons (Fsp3) is 1.00. The van der Waals surface area contributed by atoms with Gasteiger partial charge in [-0.25, -0.2) is 0 Å². The average molecular weight is 151 g/mol. The first kappa shape index (κ1) is 22.5. The first-order chi connectivity index (χ1) is 4.33. The molecule has 0 saturated carbocycles. The van der Waals surface area contributed by atoms with Crippen LogP contribution in [0.15, 0.2) is 0 Å². The minimum atomic E-state index is 0. The molecule has 68 valence electrons. The van der Waals surface area contributed by atoms with Crippen molar-refractivity contribution in [1.82, 2.24) is 10.6 Å². The lowest BCUT2D eigenvalue weighted by Crippen LogP contribution is -2.15. The van der Waals surface area contributed by atoms with E-state index in [1.54, 1.807) is 7.05 Å². The number of nitrogens with two attached hydrogens (primary N) is 1. The van der Waals surface area contributed by atoms with Gasteiger partial charge in [-0.15, -0.1) is 0 Å². The first-order valence-electron chi connectivity index (χ1n) is 3.26. The van der Waals surface area contributed by atoms with Crippen molar-refractivity contribution in [2.75, 3.05) is 27.8 Å². The van der Waals surface area contributed by atoms with Crippen LogP contribution in [0, 0.1) is 0 Å². The van der Waals surface area contributed by atoms with Gasteiger partial charge in [0.25, 0.3) is 0 Å². The van der Waals surface area contributed by atoms with Gasteiger partial charge in [-0.2, -0.15) is 0 Å². The number of hydrogen-bond acceptors (Lipinski definition) is 3. The Morgan fingerprint density at radius 3 is 1.20 bits per heavy atom. The maximum atomic E-state index is 4.92.